The van der Waals surface area contributed by atoms with Crippen LogP contribution in [0.4, 0.5) is 0 Å². The maximum Gasteiger partial charge on any atom is 0.265 e. The lowest BCUT2D eigenvalue weighted by Crippen LogP contribution is -2.27. The summed E-state index contributed by atoms with van der Waals surface area (Å²) < 4.78 is 3.80. The monoisotopic (exact) mass is 411 g/mol. The Kier molecular flexibility index (Phi) is 4.75. The number of aromatic nitrogens is 2. The molecule has 0 aliphatic heterocycles. The minimum absolute atomic E-state index is 0.0769. The second-order valence-electron chi connectivity index (χ2n) is 5.16. The number of carbonyl (C=O) groups is 1. The van der Waals surface area contributed by atoms with Crippen LogP contribution in [0, 0.1) is 0 Å². The van der Waals surface area contributed by atoms with Crippen LogP contribution in [0.3, 0.4) is 0 Å². The summed E-state index contributed by atoms with van der Waals surface area (Å²) in [5.41, 5.74) is 0.973. The molecule has 0 spiro atoms. The molecule has 0 N–H and O–H groups in total. The van der Waals surface area contributed by atoms with Gasteiger partial charge in [0, 0.05) is 23.7 Å². The van der Waals surface area contributed by atoms with Crippen LogP contribution >= 0.6 is 38.9 Å². The molecular weight excluding hydrogens is 398 g/mol. The first-order chi connectivity index (χ1) is 11.0. The zero-order valence-corrected chi connectivity index (χ0v) is 15.9. The Hall–Kier alpha value is -1.37. The molecule has 2 aromatic heterocycles. The molecule has 0 aliphatic rings. The van der Waals surface area contributed by atoms with E-state index in [4.69, 9.17) is 11.6 Å². The van der Waals surface area contributed by atoms with Crippen LogP contribution < -0.4 is 0 Å². The minimum atomic E-state index is -0.0769. The summed E-state index contributed by atoms with van der Waals surface area (Å²) in [7, 11) is 1.78. The zero-order chi connectivity index (χ0) is 16.6. The van der Waals surface area contributed by atoms with E-state index < -0.39 is 0 Å². The van der Waals surface area contributed by atoms with E-state index >= 15 is 0 Å². The third kappa shape index (κ3) is 3.03. The van der Waals surface area contributed by atoms with E-state index in [1.807, 2.05) is 35.9 Å². The van der Waals surface area contributed by atoms with Crippen LogP contribution in [0.2, 0.25) is 5.02 Å². The third-order valence-corrected chi connectivity index (χ3v) is 5.99. The molecule has 0 fully saturated rings. The summed E-state index contributed by atoms with van der Waals surface area (Å²) in [6.07, 6.45) is 1.75. The molecule has 3 aromatic rings. The van der Waals surface area contributed by atoms with Gasteiger partial charge < -0.3 is 4.90 Å². The molecule has 7 heteroatoms. The van der Waals surface area contributed by atoms with Crippen molar-refractivity contribution >= 4 is 54.9 Å². The van der Waals surface area contributed by atoms with Gasteiger partial charge in [-0.05, 0) is 28.9 Å². The maximum absolute atomic E-state index is 12.8. The Balaban J connectivity index is 1.89. The number of thiophene rings is 1. The molecule has 1 amide bonds. The molecule has 4 nitrogen and oxygen atoms in total. The van der Waals surface area contributed by atoms with Gasteiger partial charge >= 0.3 is 0 Å². The zero-order valence-electron chi connectivity index (χ0n) is 12.7. The lowest BCUT2D eigenvalue weighted by atomic mass is 10.2. The molecule has 3 rings (SSSR count). The maximum atomic E-state index is 12.8. The summed E-state index contributed by atoms with van der Waals surface area (Å²) in [5.74, 6) is -0.0769. The van der Waals surface area contributed by atoms with Gasteiger partial charge in [-0.2, -0.15) is 5.10 Å². The average Bonchev–Trinajstić information content (AvgIpc) is 3.08. The van der Waals surface area contributed by atoms with E-state index in [0.29, 0.717) is 16.4 Å². The Morgan fingerprint density at radius 3 is 2.87 bits per heavy atom. The highest BCUT2D eigenvalue weighted by Crippen LogP contribution is 2.36. The van der Waals surface area contributed by atoms with Gasteiger partial charge in [0.1, 0.15) is 4.88 Å². The topological polar surface area (TPSA) is 38.1 Å². The van der Waals surface area contributed by atoms with E-state index in [9.17, 15) is 4.79 Å². The van der Waals surface area contributed by atoms with Crippen molar-refractivity contribution in [3.63, 3.8) is 0 Å². The highest BCUT2D eigenvalue weighted by Gasteiger charge is 2.22. The second kappa shape index (κ2) is 6.63. The number of hydrogen-bond acceptors (Lipinski definition) is 3. The molecule has 1 aromatic carbocycles. The standard InChI is InChI=1S/C16H15BrClN3OS/c1-3-21-12(11(17)8-19-21)9-20(2)16(22)15-14(18)10-6-4-5-7-13(10)23-15/h4-8H,3,9H2,1-2H3. The quantitative estimate of drug-likeness (QED) is 0.617. The predicted molar refractivity (Wildman–Crippen MR) is 98.2 cm³/mol. The van der Waals surface area contributed by atoms with Gasteiger partial charge in [-0.3, -0.25) is 9.48 Å². The van der Waals surface area contributed by atoms with Crippen molar-refractivity contribution < 1.29 is 4.79 Å². The summed E-state index contributed by atoms with van der Waals surface area (Å²) in [6.45, 7) is 3.25. The first kappa shape index (κ1) is 16.5. The summed E-state index contributed by atoms with van der Waals surface area (Å²) in [5, 5.41) is 5.74. The first-order valence-electron chi connectivity index (χ1n) is 7.15. The van der Waals surface area contributed by atoms with Gasteiger partial charge in [0.25, 0.3) is 5.91 Å². The van der Waals surface area contributed by atoms with Crippen LogP contribution in [-0.2, 0) is 13.1 Å². The normalized spacial score (nSPS) is 11.1. The number of amides is 1. The number of benzene rings is 1. The minimum Gasteiger partial charge on any atom is -0.335 e. The Morgan fingerprint density at radius 2 is 2.17 bits per heavy atom. The first-order valence-corrected chi connectivity index (χ1v) is 9.14. The third-order valence-electron chi connectivity index (χ3n) is 3.66. The number of halogens is 2. The SMILES string of the molecule is CCn1ncc(Br)c1CN(C)C(=O)c1sc2ccccc2c1Cl. The number of carbonyl (C=O) groups excluding carboxylic acids is 1. The molecule has 0 radical (unpaired) electrons. The Morgan fingerprint density at radius 1 is 1.43 bits per heavy atom. The molecule has 0 saturated heterocycles. The lowest BCUT2D eigenvalue weighted by Gasteiger charge is -2.17. The fraction of sp³-hybridized carbons (Fsp3) is 0.250. The van der Waals surface area contributed by atoms with Crippen LogP contribution in [-0.4, -0.2) is 27.6 Å². The molecule has 0 bridgehead atoms. The molecule has 0 saturated carbocycles. The average molecular weight is 413 g/mol. The Bertz CT molecular complexity index is 873. The molecule has 0 unspecified atom stereocenters. The number of hydrogen-bond donors (Lipinski definition) is 0. The van der Waals surface area contributed by atoms with Crippen molar-refractivity contribution in [3.05, 3.63) is 50.5 Å². The fourth-order valence-corrected chi connectivity index (χ4v) is 4.37. The lowest BCUT2D eigenvalue weighted by molar-refractivity contribution is 0.0786. The van der Waals surface area contributed by atoms with Gasteiger partial charge in [0.2, 0.25) is 0 Å². The summed E-state index contributed by atoms with van der Waals surface area (Å²) >= 11 is 11.3. The van der Waals surface area contributed by atoms with Crippen molar-refractivity contribution in [1.29, 1.82) is 0 Å². The molecule has 120 valence electrons. The summed E-state index contributed by atoms with van der Waals surface area (Å²) in [6, 6.07) is 7.79. The van der Waals surface area contributed by atoms with Gasteiger partial charge in [-0.1, -0.05) is 29.8 Å². The molecule has 23 heavy (non-hydrogen) atoms. The van der Waals surface area contributed by atoms with Crippen LogP contribution in [0.1, 0.15) is 22.3 Å². The molecule has 0 atom stereocenters. The number of aryl methyl sites for hydroxylation is 1. The molecular formula is C16H15BrClN3OS. The molecule has 2 heterocycles. The highest BCUT2D eigenvalue weighted by molar-refractivity contribution is 9.10. The predicted octanol–water partition coefficient (Wildman–Crippen LogP) is 4.81. The van der Waals surface area contributed by atoms with Gasteiger partial charge in [-0.15, -0.1) is 11.3 Å². The van der Waals surface area contributed by atoms with Crippen LogP contribution in [0.5, 0.6) is 0 Å². The van der Waals surface area contributed by atoms with Gasteiger partial charge in [0.05, 0.1) is 27.9 Å². The van der Waals surface area contributed by atoms with Crippen molar-refractivity contribution in [1.82, 2.24) is 14.7 Å². The van der Waals surface area contributed by atoms with E-state index in [1.165, 1.54) is 11.3 Å². The van der Waals surface area contributed by atoms with Crippen LogP contribution in [0.25, 0.3) is 10.1 Å². The number of fused-ring (bicyclic) bond motifs is 1. The van der Waals surface area contributed by atoms with Crippen LogP contribution in [0.15, 0.2) is 34.9 Å². The van der Waals surface area contributed by atoms with E-state index in [1.54, 1.807) is 18.1 Å². The fourth-order valence-electron chi connectivity index (χ4n) is 2.44. The van der Waals surface area contributed by atoms with E-state index in [2.05, 4.69) is 21.0 Å². The number of rotatable bonds is 4. The van der Waals surface area contributed by atoms with E-state index in [0.717, 1.165) is 26.8 Å². The molecule has 0 aliphatic carbocycles. The van der Waals surface area contributed by atoms with Crippen molar-refractivity contribution in [3.8, 4) is 0 Å². The van der Waals surface area contributed by atoms with Gasteiger partial charge in [0.15, 0.2) is 0 Å². The van der Waals surface area contributed by atoms with E-state index in [-0.39, 0.29) is 5.91 Å². The van der Waals surface area contributed by atoms with Crippen molar-refractivity contribution in [2.75, 3.05) is 7.05 Å². The summed E-state index contributed by atoms with van der Waals surface area (Å²) in [4.78, 5) is 15.0. The number of nitrogens with zero attached hydrogens (tertiary/aromatic N) is 3. The van der Waals surface area contributed by atoms with Crippen molar-refractivity contribution in [2.45, 2.75) is 20.0 Å². The highest BCUT2D eigenvalue weighted by atomic mass is 79.9. The van der Waals surface area contributed by atoms with Gasteiger partial charge in [-0.25, -0.2) is 0 Å². The largest absolute Gasteiger partial charge is 0.335 e. The van der Waals surface area contributed by atoms with Crippen molar-refractivity contribution in [2.24, 2.45) is 0 Å². The smallest absolute Gasteiger partial charge is 0.265 e. The Labute approximate surface area is 151 Å². The second-order valence-corrected chi connectivity index (χ2v) is 7.44.